The van der Waals surface area contributed by atoms with Crippen LogP contribution in [0.5, 0.6) is 5.75 Å². The molecular formula is C30H38N4O4. The number of ether oxygens (including phenoxy) is 1. The van der Waals surface area contributed by atoms with Gasteiger partial charge in [-0.2, -0.15) is 0 Å². The number of hydrazine groups is 1. The first kappa shape index (κ1) is 27.5. The second-order valence-corrected chi connectivity index (χ2v) is 10.3. The van der Waals surface area contributed by atoms with Gasteiger partial charge >= 0.3 is 0 Å². The Morgan fingerprint density at radius 3 is 2.63 bits per heavy atom. The molecule has 1 aliphatic rings. The lowest BCUT2D eigenvalue weighted by Gasteiger charge is -2.49. The standard InChI is InChI=1S/C30H38N4O4/c1-4-15-30(5-2)19-22(18-28(35)33-37)14-16-34(30)32-29(36)23-10-12-25(13-11-23)38-20-24-17-21(3)31-27-9-7-6-8-26(24)27/h6-13,17,22,37H,4-5,14-16,18-20H2,1-3H3,(H,32,36)(H,33,35)/t22-,30+/m0/s1. The Kier molecular flexibility index (Phi) is 8.97. The maximum Gasteiger partial charge on any atom is 0.265 e. The summed E-state index contributed by atoms with van der Waals surface area (Å²) in [5.41, 5.74) is 8.20. The van der Waals surface area contributed by atoms with Crippen LogP contribution in [0.1, 0.15) is 74.0 Å². The Morgan fingerprint density at radius 2 is 1.92 bits per heavy atom. The number of aryl methyl sites for hydroxylation is 1. The van der Waals surface area contributed by atoms with Gasteiger partial charge in [0.2, 0.25) is 5.91 Å². The molecule has 2 aromatic carbocycles. The number of carbonyl (C=O) groups is 2. The summed E-state index contributed by atoms with van der Waals surface area (Å²) in [6, 6.07) is 17.3. The lowest BCUT2D eigenvalue weighted by atomic mass is 9.75. The number of nitrogens with zero attached hydrogens (tertiary/aromatic N) is 2. The molecule has 0 aliphatic carbocycles. The lowest BCUT2D eigenvalue weighted by Crippen LogP contribution is -2.61. The van der Waals surface area contributed by atoms with Crippen LogP contribution in [0.4, 0.5) is 0 Å². The van der Waals surface area contributed by atoms with Gasteiger partial charge in [-0.1, -0.05) is 38.5 Å². The van der Waals surface area contributed by atoms with Crippen LogP contribution < -0.4 is 15.6 Å². The SMILES string of the molecule is CCC[C@]1(CC)C[C@H](CC(=O)NO)CCN1NC(=O)c1ccc(OCc2cc(C)nc3ccccc23)cc1. The van der Waals surface area contributed by atoms with Crippen molar-refractivity contribution in [3.63, 3.8) is 0 Å². The van der Waals surface area contributed by atoms with E-state index in [9.17, 15) is 9.59 Å². The maximum atomic E-state index is 13.2. The summed E-state index contributed by atoms with van der Waals surface area (Å²) in [7, 11) is 0. The predicted molar refractivity (Wildman–Crippen MR) is 147 cm³/mol. The maximum absolute atomic E-state index is 13.2. The third-order valence-corrected chi connectivity index (χ3v) is 7.65. The van der Waals surface area contributed by atoms with Crippen LogP contribution in [-0.2, 0) is 11.4 Å². The molecule has 0 radical (unpaired) electrons. The van der Waals surface area contributed by atoms with E-state index in [4.69, 9.17) is 9.94 Å². The Bertz CT molecular complexity index is 1260. The molecule has 1 aromatic heterocycles. The highest BCUT2D eigenvalue weighted by Crippen LogP contribution is 2.38. The van der Waals surface area contributed by atoms with E-state index in [0.717, 1.165) is 54.3 Å². The molecule has 3 aromatic rings. The van der Waals surface area contributed by atoms with Crippen LogP contribution >= 0.6 is 0 Å². The van der Waals surface area contributed by atoms with Gasteiger partial charge in [0.1, 0.15) is 12.4 Å². The molecule has 4 rings (SSSR count). The van der Waals surface area contributed by atoms with Crippen molar-refractivity contribution in [1.82, 2.24) is 20.9 Å². The summed E-state index contributed by atoms with van der Waals surface area (Å²) in [5.74, 6) is 0.341. The van der Waals surface area contributed by atoms with Crippen molar-refractivity contribution in [2.45, 2.75) is 71.4 Å². The van der Waals surface area contributed by atoms with Crippen molar-refractivity contribution >= 4 is 22.7 Å². The number of rotatable bonds is 10. The third kappa shape index (κ3) is 6.31. The molecule has 0 saturated carbocycles. The molecule has 1 saturated heterocycles. The third-order valence-electron chi connectivity index (χ3n) is 7.65. The molecule has 1 fully saturated rings. The average molecular weight is 519 g/mol. The van der Waals surface area contributed by atoms with Crippen LogP contribution in [0.2, 0.25) is 0 Å². The van der Waals surface area contributed by atoms with Crippen molar-refractivity contribution in [1.29, 1.82) is 0 Å². The average Bonchev–Trinajstić information content (AvgIpc) is 2.93. The number of carbonyl (C=O) groups excluding carboxylic acids is 2. The molecule has 8 heteroatoms. The molecule has 0 unspecified atom stereocenters. The van der Waals surface area contributed by atoms with E-state index < -0.39 is 0 Å². The normalized spacial score (nSPS) is 19.7. The van der Waals surface area contributed by atoms with Crippen molar-refractivity contribution in [2.75, 3.05) is 6.54 Å². The van der Waals surface area contributed by atoms with Crippen molar-refractivity contribution in [3.05, 3.63) is 71.4 Å². The minimum atomic E-state index is -0.358. The zero-order valence-electron chi connectivity index (χ0n) is 22.5. The van der Waals surface area contributed by atoms with E-state index >= 15 is 0 Å². The number of pyridine rings is 1. The largest absolute Gasteiger partial charge is 0.489 e. The number of hydroxylamine groups is 1. The first-order valence-electron chi connectivity index (χ1n) is 13.5. The van der Waals surface area contributed by atoms with Gasteiger partial charge in [-0.05, 0) is 74.9 Å². The van der Waals surface area contributed by atoms with Crippen LogP contribution in [0.3, 0.4) is 0 Å². The number of hydrogen-bond acceptors (Lipinski definition) is 6. The summed E-state index contributed by atoms with van der Waals surface area (Å²) in [5, 5.41) is 12.1. The molecule has 2 amide bonds. The molecule has 3 N–H and O–H groups in total. The van der Waals surface area contributed by atoms with Crippen LogP contribution in [-0.4, -0.2) is 39.1 Å². The van der Waals surface area contributed by atoms with Crippen LogP contribution in [0, 0.1) is 12.8 Å². The molecule has 0 spiro atoms. The molecule has 2 heterocycles. The van der Waals surface area contributed by atoms with Crippen molar-refractivity contribution in [2.24, 2.45) is 5.92 Å². The Balaban J connectivity index is 1.41. The van der Waals surface area contributed by atoms with Crippen LogP contribution in [0.15, 0.2) is 54.6 Å². The van der Waals surface area contributed by atoms with Gasteiger partial charge in [-0.15, -0.1) is 0 Å². The number of aromatic nitrogens is 1. The van der Waals surface area contributed by atoms with Crippen molar-refractivity contribution in [3.8, 4) is 5.75 Å². The smallest absolute Gasteiger partial charge is 0.265 e. The van der Waals surface area contributed by atoms with Gasteiger partial charge in [-0.25, -0.2) is 10.5 Å². The van der Waals surface area contributed by atoms with Gasteiger partial charge in [0.05, 0.1) is 5.52 Å². The topological polar surface area (TPSA) is 104 Å². The number of benzene rings is 2. The molecule has 0 bridgehead atoms. The first-order chi connectivity index (χ1) is 18.4. The highest BCUT2D eigenvalue weighted by molar-refractivity contribution is 5.94. The molecule has 1 aliphatic heterocycles. The summed E-state index contributed by atoms with van der Waals surface area (Å²) >= 11 is 0. The summed E-state index contributed by atoms with van der Waals surface area (Å²) in [4.78, 5) is 29.5. The first-order valence-corrected chi connectivity index (χ1v) is 13.5. The number of hydrogen-bond donors (Lipinski definition) is 3. The van der Waals surface area contributed by atoms with E-state index in [1.165, 1.54) is 0 Å². The fourth-order valence-electron chi connectivity index (χ4n) is 5.73. The van der Waals surface area contributed by atoms with E-state index in [0.29, 0.717) is 30.9 Å². The van der Waals surface area contributed by atoms with E-state index in [-0.39, 0.29) is 23.3 Å². The summed E-state index contributed by atoms with van der Waals surface area (Å²) < 4.78 is 6.05. The number of amides is 2. The second-order valence-electron chi connectivity index (χ2n) is 10.3. The Hall–Kier alpha value is -3.49. The van der Waals surface area contributed by atoms with Gasteiger partial charge in [0.15, 0.2) is 0 Å². The number of piperidine rings is 1. The summed E-state index contributed by atoms with van der Waals surface area (Å²) in [6.45, 7) is 7.31. The van der Waals surface area contributed by atoms with Crippen molar-refractivity contribution < 1.29 is 19.5 Å². The summed E-state index contributed by atoms with van der Waals surface area (Å²) in [6.07, 6.45) is 4.60. The highest BCUT2D eigenvalue weighted by atomic mass is 16.5. The molecule has 202 valence electrons. The molecular weight excluding hydrogens is 480 g/mol. The molecule has 2 atom stereocenters. The molecule has 38 heavy (non-hydrogen) atoms. The lowest BCUT2D eigenvalue weighted by molar-refractivity contribution is -0.131. The van der Waals surface area contributed by atoms with Crippen LogP contribution in [0.25, 0.3) is 10.9 Å². The molecule has 8 nitrogen and oxygen atoms in total. The fraction of sp³-hybridized carbons (Fsp3) is 0.433. The van der Waals surface area contributed by atoms with Gasteiger partial charge in [-0.3, -0.25) is 25.2 Å². The fourth-order valence-corrected chi connectivity index (χ4v) is 5.73. The van der Waals surface area contributed by atoms with E-state index in [1.54, 1.807) is 17.6 Å². The second kappa shape index (κ2) is 12.4. The van der Waals surface area contributed by atoms with E-state index in [2.05, 4.69) is 29.3 Å². The Morgan fingerprint density at radius 1 is 1.16 bits per heavy atom. The minimum absolute atomic E-state index is 0.159. The van der Waals surface area contributed by atoms with Gasteiger partial charge in [0.25, 0.3) is 5.91 Å². The van der Waals surface area contributed by atoms with E-state index in [1.807, 2.05) is 49.4 Å². The minimum Gasteiger partial charge on any atom is -0.489 e. The quantitative estimate of drug-likeness (QED) is 0.248. The van der Waals surface area contributed by atoms with Gasteiger partial charge < -0.3 is 4.74 Å². The van der Waals surface area contributed by atoms with Gasteiger partial charge in [0, 0.05) is 40.7 Å². The number of nitrogens with one attached hydrogen (secondary N) is 2. The number of para-hydroxylation sites is 1. The zero-order chi connectivity index (χ0) is 27.1. The Labute approximate surface area is 224 Å². The number of fused-ring (bicyclic) bond motifs is 1. The predicted octanol–water partition coefficient (Wildman–Crippen LogP) is 5.32. The highest BCUT2D eigenvalue weighted by Gasteiger charge is 2.41. The zero-order valence-corrected chi connectivity index (χ0v) is 22.5. The monoisotopic (exact) mass is 518 g/mol.